The van der Waals surface area contributed by atoms with E-state index in [-0.39, 0.29) is 23.5 Å². The molecule has 1 saturated heterocycles. The van der Waals surface area contributed by atoms with Crippen LogP contribution in [0.1, 0.15) is 43.4 Å². The first-order chi connectivity index (χ1) is 11.5. The summed E-state index contributed by atoms with van der Waals surface area (Å²) in [6, 6.07) is 7.18. The van der Waals surface area contributed by atoms with E-state index in [4.69, 9.17) is 10.5 Å². The molecule has 2 aliphatic rings. The predicted molar refractivity (Wildman–Crippen MR) is 92.4 cm³/mol. The number of carbonyl (C=O) groups is 1. The van der Waals surface area contributed by atoms with E-state index < -0.39 is 6.04 Å². The van der Waals surface area contributed by atoms with Crippen molar-refractivity contribution < 1.29 is 14.6 Å². The zero-order chi connectivity index (χ0) is 17.3. The minimum atomic E-state index is -0.617. The van der Waals surface area contributed by atoms with Crippen molar-refractivity contribution in [2.24, 2.45) is 11.1 Å². The van der Waals surface area contributed by atoms with Crippen molar-refractivity contribution in [3.05, 3.63) is 35.4 Å². The van der Waals surface area contributed by atoms with Gasteiger partial charge in [-0.25, -0.2) is 0 Å². The Morgan fingerprint density at radius 1 is 1.38 bits per heavy atom. The van der Waals surface area contributed by atoms with Gasteiger partial charge < -0.3 is 20.5 Å². The Morgan fingerprint density at radius 3 is 2.54 bits per heavy atom. The molecule has 0 aromatic heterocycles. The van der Waals surface area contributed by atoms with Crippen LogP contribution in [0.4, 0.5) is 0 Å². The molecule has 3 rings (SSSR count). The van der Waals surface area contributed by atoms with Crippen molar-refractivity contribution in [2.45, 2.75) is 51.4 Å². The summed E-state index contributed by atoms with van der Waals surface area (Å²) in [4.78, 5) is 14.5. The number of carbonyl (C=O) groups excluding carboxylic acids is 1. The zero-order valence-electron chi connectivity index (χ0n) is 14.6. The molecule has 3 N–H and O–H groups in total. The lowest BCUT2D eigenvalue weighted by atomic mass is 9.58. The normalized spacial score (nSPS) is 26.9. The SMILES string of the molecule is CCOC1CC(O)C12CCN(C(=O)C(N)c1ccc(C)cc1)CC2. The average Bonchev–Trinajstić information content (AvgIpc) is 2.61. The lowest BCUT2D eigenvalue weighted by molar-refractivity contribution is -0.210. The Morgan fingerprint density at radius 2 is 2.00 bits per heavy atom. The smallest absolute Gasteiger partial charge is 0.244 e. The second kappa shape index (κ2) is 6.82. The third kappa shape index (κ3) is 2.96. The van der Waals surface area contributed by atoms with Crippen molar-refractivity contribution in [1.29, 1.82) is 0 Å². The molecule has 1 aromatic carbocycles. The van der Waals surface area contributed by atoms with Crippen LogP contribution in [0.25, 0.3) is 0 Å². The minimum Gasteiger partial charge on any atom is -0.392 e. The molecule has 5 heteroatoms. The Balaban J connectivity index is 1.62. The van der Waals surface area contributed by atoms with Gasteiger partial charge in [0.25, 0.3) is 0 Å². The third-order valence-corrected chi connectivity index (χ3v) is 5.82. The maximum Gasteiger partial charge on any atom is 0.244 e. The van der Waals surface area contributed by atoms with Gasteiger partial charge in [-0.05, 0) is 32.3 Å². The van der Waals surface area contributed by atoms with Gasteiger partial charge in [0.1, 0.15) is 6.04 Å². The molecule has 1 aliphatic carbocycles. The largest absolute Gasteiger partial charge is 0.392 e. The Kier molecular flexibility index (Phi) is 4.95. The van der Waals surface area contributed by atoms with E-state index in [1.807, 2.05) is 43.0 Å². The number of aryl methyl sites for hydroxylation is 1. The van der Waals surface area contributed by atoms with Crippen molar-refractivity contribution in [1.82, 2.24) is 4.90 Å². The molecule has 1 saturated carbocycles. The summed E-state index contributed by atoms with van der Waals surface area (Å²) in [5.41, 5.74) is 8.01. The van der Waals surface area contributed by atoms with Gasteiger partial charge in [0.05, 0.1) is 12.2 Å². The van der Waals surface area contributed by atoms with E-state index in [9.17, 15) is 9.90 Å². The first kappa shape index (κ1) is 17.4. The Labute approximate surface area is 143 Å². The van der Waals surface area contributed by atoms with Crippen molar-refractivity contribution in [2.75, 3.05) is 19.7 Å². The fourth-order valence-corrected chi connectivity index (χ4v) is 4.07. The second-order valence-electron chi connectivity index (χ2n) is 7.14. The number of hydrogen-bond acceptors (Lipinski definition) is 4. The number of nitrogens with two attached hydrogens (primary N) is 1. The standard InChI is InChI=1S/C19H28N2O3/c1-3-24-16-12-15(22)19(16)8-10-21(11-9-19)18(23)17(20)14-6-4-13(2)5-7-14/h4-7,15-17,22H,3,8-12,20H2,1-2H3. The number of aliphatic hydroxyl groups excluding tert-OH is 1. The number of hydrogen-bond donors (Lipinski definition) is 2. The summed E-state index contributed by atoms with van der Waals surface area (Å²) >= 11 is 0. The quantitative estimate of drug-likeness (QED) is 0.881. The highest BCUT2D eigenvalue weighted by atomic mass is 16.5. The van der Waals surface area contributed by atoms with Gasteiger partial charge in [0.2, 0.25) is 5.91 Å². The minimum absolute atomic E-state index is 0.0320. The molecular weight excluding hydrogens is 304 g/mol. The summed E-state index contributed by atoms with van der Waals surface area (Å²) < 4.78 is 5.78. The third-order valence-electron chi connectivity index (χ3n) is 5.82. The van der Waals surface area contributed by atoms with Crippen LogP contribution in [0, 0.1) is 12.3 Å². The average molecular weight is 332 g/mol. The zero-order valence-corrected chi connectivity index (χ0v) is 14.6. The summed E-state index contributed by atoms with van der Waals surface area (Å²) in [5.74, 6) is -0.0320. The fourth-order valence-electron chi connectivity index (χ4n) is 4.07. The van der Waals surface area contributed by atoms with Crippen LogP contribution in [0.15, 0.2) is 24.3 Å². The van der Waals surface area contributed by atoms with Crippen molar-refractivity contribution in [3.63, 3.8) is 0 Å². The molecule has 1 aromatic rings. The van der Waals surface area contributed by atoms with E-state index in [1.54, 1.807) is 0 Å². The highest BCUT2D eigenvalue weighted by Gasteiger charge is 2.56. The van der Waals surface area contributed by atoms with Gasteiger partial charge in [0, 0.05) is 31.5 Å². The van der Waals surface area contributed by atoms with Gasteiger partial charge in [-0.15, -0.1) is 0 Å². The summed E-state index contributed by atoms with van der Waals surface area (Å²) in [5, 5.41) is 10.3. The molecule has 132 valence electrons. The number of ether oxygens (including phenoxy) is 1. The lowest BCUT2D eigenvalue weighted by Gasteiger charge is -2.56. The van der Waals surface area contributed by atoms with Crippen LogP contribution in [0.3, 0.4) is 0 Å². The molecule has 0 radical (unpaired) electrons. The number of nitrogens with zero attached hydrogens (tertiary/aromatic N) is 1. The molecule has 24 heavy (non-hydrogen) atoms. The predicted octanol–water partition coefficient (Wildman–Crippen LogP) is 1.77. The lowest BCUT2D eigenvalue weighted by Crippen LogP contribution is -2.63. The second-order valence-corrected chi connectivity index (χ2v) is 7.14. The molecule has 1 aliphatic heterocycles. The Hall–Kier alpha value is -1.43. The molecule has 1 heterocycles. The van der Waals surface area contributed by atoms with Gasteiger partial charge in [-0.1, -0.05) is 29.8 Å². The maximum absolute atomic E-state index is 12.7. The highest BCUT2D eigenvalue weighted by Crippen LogP contribution is 2.51. The molecule has 3 unspecified atom stereocenters. The Bertz CT molecular complexity index is 577. The molecule has 5 nitrogen and oxygen atoms in total. The van der Waals surface area contributed by atoms with Gasteiger partial charge in [-0.3, -0.25) is 4.79 Å². The molecule has 2 fully saturated rings. The van der Waals surface area contributed by atoms with Crippen LogP contribution in [0.2, 0.25) is 0 Å². The highest BCUT2D eigenvalue weighted by molar-refractivity contribution is 5.83. The number of rotatable bonds is 4. The maximum atomic E-state index is 12.7. The summed E-state index contributed by atoms with van der Waals surface area (Å²) in [6.45, 7) is 5.94. The van der Waals surface area contributed by atoms with Crippen LogP contribution in [-0.4, -0.2) is 47.8 Å². The summed E-state index contributed by atoms with van der Waals surface area (Å²) in [7, 11) is 0. The van der Waals surface area contributed by atoms with Crippen LogP contribution >= 0.6 is 0 Å². The van der Waals surface area contributed by atoms with Crippen molar-refractivity contribution >= 4 is 5.91 Å². The van der Waals surface area contributed by atoms with E-state index >= 15 is 0 Å². The van der Waals surface area contributed by atoms with Crippen molar-refractivity contribution in [3.8, 4) is 0 Å². The first-order valence-electron chi connectivity index (χ1n) is 8.88. The number of amides is 1. The fraction of sp³-hybridized carbons (Fsp3) is 0.632. The molecule has 1 amide bonds. The van der Waals surface area contributed by atoms with Gasteiger partial charge >= 0.3 is 0 Å². The van der Waals surface area contributed by atoms with Gasteiger partial charge in [-0.2, -0.15) is 0 Å². The van der Waals surface area contributed by atoms with E-state index in [0.717, 1.165) is 24.0 Å². The first-order valence-corrected chi connectivity index (χ1v) is 8.88. The molecule has 1 spiro atoms. The van der Waals surface area contributed by atoms with Gasteiger partial charge in [0.15, 0.2) is 0 Å². The number of likely N-dealkylation sites (tertiary alicyclic amines) is 1. The van der Waals surface area contributed by atoms with E-state index in [2.05, 4.69) is 0 Å². The number of aliphatic hydroxyl groups is 1. The van der Waals surface area contributed by atoms with Crippen LogP contribution in [-0.2, 0) is 9.53 Å². The molecule has 3 atom stereocenters. The molecule has 0 bridgehead atoms. The topological polar surface area (TPSA) is 75.8 Å². The van der Waals surface area contributed by atoms with E-state index in [0.29, 0.717) is 26.1 Å². The number of benzene rings is 1. The van der Waals surface area contributed by atoms with E-state index in [1.165, 1.54) is 0 Å². The van der Waals surface area contributed by atoms with Crippen LogP contribution in [0.5, 0.6) is 0 Å². The van der Waals surface area contributed by atoms with Crippen LogP contribution < -0.4 is 5.73 Å². The monoisotopic (exact) mass is 332 g/mol. The summed E-state index contributed by atoms with van der Waals surface area (Å²) in [6.07, 6.45) is 2.10. The number of piperidine rings is 1. The molecular formula is C19H28N2O3.